The molecule has 3 aromatic carbocycles. The van der Waals surface area contributed by atoms with Gasteiger partial charge in [0.15, 0.2) is 11.5 Å². The smallest absolute Gasteiger partial charge is 0.410 e. The van der Waals surface area contributed by atoms with E-state index in [1.807, 2.05) is 64.1 Å². The molecule has 0 saturated heterocycles. The highest BCUT2D eigenvalue weighted by molar-refractivity contribution is 6.02. The Kier molecular flexibility index (Phi) is 13.5. The topological polar surface area (TPSA) is 113 Å². The molecule has 0 aliphatic heterocycles. The lowest BCUT2D eigenvalue weighted by molar-refractivity contribution is -0.132. The van der Waals surface area contributed by atoms with Crippen LogP contribution in [0.15, 0.2) is 72.8 Å². The quantitative estimate of drug-likeness (QED) is 0.0806. The van der Waals surface area contributed by atoms with Gasteiger partial charge in [-0.15, -0.1) is 0 Å². The summed E-state index contributed by atoms with van der Waals surface area (Å²) < 4.78 is 27.9. The Bertz CT molecular complexity index is 1500. The van der Waals surface area contributed by atoms with E-state index in [0.717, 1.165) is 12.0 Å². The molecule has 0 radical (unpaired) electrons. The Hall–Kier alpha value is -4.99. The third-order valence-electron chi connectivity index (χ3n) is 6.33. The van der Waals surface area contributed by atoms with Crippen molar-refractivity contribution in [3.05, 3.63) is 83.9 Å². The van der Waals surface area contributed by atoms with Crippen molar-refractivity contribution in [2.45, 2.75) is 59.7 Å². The van der Waals surface area contributed by atoms with Gasteiger partial charge in [-0.05, 0) is 75.6 Å². The Balaban J connectivity index is 1.54. The second-order valence-corrected chi connectivity index (χ2v) is 11.4. The van der Waals surface area contributed by atoms with E-state index in [0.29, 0.717) is 54.6 Å². The maximum absolute atomic E-state index is 12.8. The second-order valence-electron chi connectivity index (χ2n) is 11.4. The molecule has 0 aliphatic rings. The zero-order valence-electron chi connectivity index (χ0n) is 27.5. The summed E-state index contributed by atoms with van der Waals surface area (Å²) in [5, 5.41) is 2.89. The number of nitrogens with zero attached hydrogens (tertiary/aromatic N) is 1. The Labute approximate surface area is 271 Å². The van der Waals surface area contributed by atoms with Crippen molar-refractivity contribution in [1.82, 2.24) is 4.90 Å². The third-order valence-corrected chi connectivity index (χ3v) is 6.33. The van der Waals surface area contributed by atoms with E-state index < -0.39 is 11.6 Å². The van der Waals surface area contributed by atoms with Crippen LogP contribution in [0.2, 0.25) is 0 Å². The van der Waals surface area contributed by atoms with Gasteiger partial charge in [0, 0.05) is 43.4 Å². The fourth-order valence-electron chi connectivity index (χ4n) is 4.30. The molecule has 10 heteroatoms. The number of para-hydroxylation sites is 1. The van der Waals surface area contributed by atoms with E-state index >= 15 is 0 Å². The van der Waals surface area contributed by atoms with Crippen molar-refractivity contribution in [2.24, 2.45) is 0 Å². The summed E-state index contributed by atoms with van der Waals surface area (Å²) in [6.07, 6.45) is 4.19. The predicted molar refractivity (Wildman–Crippen MR) is 177 cm³/mol. The van der Waals surface area contributed by atoms with Crippen LogP contribution in [0.5, 0.6) is 23.0 Å². The summed E-state index contributed by atoms with van der Waals surface area (Å²) in [6.45, 7) is 10.7. The molecule has 0 aliphatic carbocycles. The Morgan fingerprint density at radius 1 is 0.891 bits per heavy atom. The minimum Gasteiger partial charge on any atom is -0.493 e. The number of carbonyl (C=O) groups excluding carboxylic acids is 3. The SMILES string of the molecule is CCCN(CCCOc1cccc(OCc2ccccc2NC(=O)C=Cc2ccc(OC)c(OC(C)=O)c2)c1)C(=O)OC(C)(C)C. The molecule has 2 amide bonds. The third kappa shape index (κ3) is 12.2. The number of anilines is 1. The average Bonchev–Trinajstić information content (AvgIpc) is 3.00. The average molecular weight is 633 g/mol. The number of ether oxygens (including phenoxy) is 5. The van der Waals surface area contributed by atoms with Crippen molar-refractivity contribution >= 4 is 29.7 Å². The summed E-state index contributed by atoms with van der Waals surface area (Å²) in [5.41, 5.74) is 1.52. The summed E-state index contributed by atoms with van der Waals surface area (Å²) in [4.78, 5) is 38.4. The number of nitrogens with one attached hydrogen (secondary N) is 1. The minimum atomic E-state index is -0.541. The van der Waals surface area contributed by atoms with Crippen LogP contribution < -0.4 is 24.3 Å². The van der Waals surface area contributed by atoms with Crippen molar-refractivity contribution in [2.75, 3.05) is 32.1 Å². The minimum absolute atomic E-state index is 0.218. The van der Waals surface area contributed by atoms with E-state index in [-0.39, 0.29) is 24.4 Å². The highest BCUT2D eigenvalue weighted by Crippen LogP contribution is 2.29. The van der Waals surface area contributed by atoms with Crippen molar-refractivity contribution in [3.8, 4) is 23.0 Å². The molecular weight excluding hydrogens is 588 g/mol. The van der Waals surface area contributed by atoms with Crippen LogP contribution in [0.1, 0.15) is 58.6 Å². The predicted octanol–water partition coefficient (Wildman–Crippen LogP) is 7.27. The maximum Gasteiger partial charge on any atom is 0.410 e. The van der Waals surface area contributed by atoms with Gasteiger partial charge in [-0.3, -0.25) is 9.59 Å². The molecule has 1 N–H and O–H groups in total. The van der Waals surface area contributed by atoms with E-state index in [2.05, 4.69) is 5.32 Å². The Morgan fingerprint density at radius 3 is 2.33 bits per heavy atom. The number of methoxy groups -OCH3 is 1. The van der Waals surface area contributed by atoms with E-state index in [1.54, 1.807) is 41.3 Å². The van der Waals surface area contributed by atoms with Gasteiger partial charge in [0.25, 0.3) is 0 Å². The van der Waals surface area contributed by atoms with Gasteiger partial charge < -0.3 is 33.9 Å². The molecule has 46 heavy (non-hydrogen) atoms. The van der Waals surface area contributed by atoms with E-state index in [1.165, 1.54) is 20.1 Å². The van der Waals surface area contributed by atoms with Crippen LogP contribution in [-0.2, 0) is 20.9 Å². The number of carbonyl (C=O) groups is 3. The lowest BCUT2D eigenvalue weighted by Gasteiger charge is -2.27. The highest BCUT2D eigenvalue weighted by atomic mass is 16.6. The molecule has 246 valence electrons. The van der Waals surface area contributed by atoms with Gasteiger partial charge in [0.2, 0.25) is 5.91 Å². The van der Waals surface area contributed by atoms with Crippen LogP contribution in [0.4, 0.5) is 10.5 Å². The summed E-state index contributed by atoms with van der Waals surface area (Å²) in [5.74, 6) is 1.14. The zero-order chi connectivity index (χ0) is 33.5. The molecule has 0 bridgehead atoms. The van der Waals surface area contributed by atoms with Gasteiger partial charge in [0.1, 0.15) is 23.7 Å². The number of hydrogen-bond donors (Lipinski definition) is 1. The van der Waals surface area contributed by atoms with E-state index in [4.69, 9.17) is 23.7 Å². The molecule has 0 heterocycles. The van der Waals surface area contributed by atoms with Crippen molar-refractivity contribution < 1.29 is 38.1 Å². The van der Waals surface area contributed by atoms with E-state index in [9.17, 15) is 14.4 Å². The lowest BCUT2D eigenvalue weighted by atomic mass is 10.1. The number of rotatable bonds is 15. The molecular formula is C36H44N2O8. The number of hydrogen-bond acceptors (Lipinski definition) is 8. The Morgan fingerprint density at radius 2 is 1.63 bits per heavy atom. The van der Waals surface area contributed by atoms with Crippen LogP contribution in [0.25, 0.3) is 6.08 Å². The van der Waals surface area contributed by atoms with Crippen molar-refractivity contribution in [1.29, 1.82) is 0 Å². The molecule has 0 atom stereocenters. The molecule has 0 saturated carbocycles. The number of esters is 1. The number of benzene rings is 3. The monoisotopic (exact) mass is 632 g/mol. The lowest BCUT2D eigenvalue weighted by Crippen LogP contribution is -2.38. The van der Waals surface area contributed by atoms with Gasteiger partial charge >= 0.3 is 12.1 Å². The van der Waals surface area contributed by atoms with Crippen molar-refractivity contribution in [3.63, 3.8) is 0 Å². The molecule has 0 unspecified atom stereocenters. The second kappa shape index (κ2) is 17.5. The standard InChI is InChI=1S/C36H44N2O8/c1-7-20-38(35(41)46-36(3,4)5)21-11-22-43-29-13-10-14-30(24-29)44-25-28-12-8-9-15-31(28)37-34(40)19-17-27-16-18-32(42-6)33(23-27)45-26(2)39/h8-10,12-19,23-24H,7,11,20-22,25H2,1-6H3,(H,37,40). The van der Waals surface area contributed by atoms with Gasteiger partial charge in [-0.1, -0.05) is 37.3 Å². The molecule has 3 aromatic rings. The largest absolute Gasteiger partial charge is 0.493 e. The molecule has 0 spiro atoms. The first-order valence-electron chi connectivity index (χ1n) is 15.2. The molecule has 0 fully saturated rings. The van der Waals surface area contributed by atoms with Crippen LogP contribution >= 0.6 is 0 Å². The van der Waals surface area contributed by atoms with Gasteiger partial charge in [-0.25, -0.2) is 4.79 Å². The first-order valence-corrected chi connectivity index (χ1v) is 15.2. The summed E-state index contributed by atoms with van der Waals surface area (Å²) >= 11 is 0. The first-order chi connectivity index (χ1) is 22.0. The normalized spacial score (nSPS) is 11.1. The number of amides is 2. The van der Waals surface area contributed by atoms with Crippen LogP contribution in [-0.4, -0.2) is 55.3 Å². The molecule has 0 aromatic heterocycles. The zero-order valence-corrected chi connectivity index (χ0v) is 27.5. The first kappa shape index (κ1) is 35.5. The highest BCUT2D eigenvalue weighted by Gasteiger charge is 2.21. The fraction of sp³-hybridized carbons (Fsp3) is 0.361. The fourth-order valence-corrected chi connectivity index (χ4v) is 4.30. The van der Waals surface area contributed by atoms with Gasteiger partial charge in [-0.2, -0.15) is 0 Å². The maximum atomic E-state index is 12.8. The molecule has 3 rings (SSSR count). The van der Waals surface area contributed by atoms with Crippen LogP contribution in [0, 0.1) is 0 Å². The van der Waals surface area contributed by atoms with Gasteiger partial charge in [0.05, 0.1) is 13.7 Å². The molecule has 10 nitrogen and oxygen atoms in total. The summed E-state index contributed by atoms with van der Waals surface area (Å²) in [7, 11) is 1.48. The summed E-state index contributed by atoms with van der Waals surface area (Å²) in [6, 6.07) is 19.7. The van der Waals surface area contributed by atoms with Crippen LogP contribution in [0.3, 0.4) is 0 Å².